The molecule has 0 unspecified atom stereocenters. The highest BCUT2D eigenvalue weighted by molar-refractivity contribution is 5.96. The van der Waals surface area contributed by atoms with Crippen LogP contribution < -0.4 is 5.73 Å². The van der Waals surface area contributed by atoms with Gasteiger partial charge >= 0.3 is 0 Å². The fourth-order valence-electron chi connectivity index (χ4n) is 2.82. The molecule has 0 spiro atoms. The van der Waals surface area contributed by atoms with Crippen LogP contribution in [0.2, 0.25) is 0 Å². The summed E-state index contributed by atoms with van der Waals surface area (Å²) in [5.74, 6) is -0.382. The van der Waals surface area contributed by atoms with Crippen LogP contribution in [0.3, 0.4) is 0 Å². The van der Waals surface area contributed by atoms with Crippen LogP contribution in [-0.4, -0.2) is 44.4 Å². The number of phenols is 1. The third-order valence-electron chi connectivity index (χ3n) is 3.98. The Labute approximate surface area is 128 Å². The van der Waals surface area contributed by atoms with Crippen molar-refractivity contribution >= 4 is 5.91 Å². The zero-order chi connectivity index (χ0) is 15.5. The number of phenolic OH excluding ortho intramolecular Hbond substituents is 1. The molecule has 1 aromatic carbocycles. The van der Waals surface area contributed by atoms with Gasteiger partial charge in [-0.05, 0) is 44.1 Å². The van der Waals surface area contributed by atoms with Gasteiger partial charge in [0.1, 0.15) is 11.4 Å². The Bertz CT molecular complexity index is 676. The lowest BCUT2D eigenvalue weighted by Crippen LogP contribution is -2.29. The maximum Gasteiger partial charge on any atom is 0.271 e. The normalized spacial score (nSPS) is 15.8. The summed E-state index contributed by atoms with van der Waals surface area (Å²) in [6, 6.07) is 5.17. The van der Waals surface area contributed by atoms with Crippen molar-refractivity contribution < 1.29 is 9.90 Å². The molecule has 1 amide bonds. The van der Waals surface area contributed by atoms with Crippen molar-refractivity contribution in [3.63, 3.8) is 0 Å². The third kappa shape index (κ3) is 2.94. The molecule has 1 saturated heterocycles. The van der Waals surface area contributed by atoms with Crippen LogP contribution in [0.1, 0.15) is 35.3 Å². The molecule has 1 fully saturated rings. The van der Waals surface area contributed by atoms with Gasteiger partial charge in [-0.1, -0.05) is 6.42 Å². The monoisotopic (exact) mass is 301 g/mol. The largest absolute Gasteiger partial charge is 0.508 e. The van der Waals surface area contributed by atoms with Crippen molar-refractivity contribution in [2.24, 2.45) is 5.73 Å². The number of piperidine rings is 1. The minimum atomic E-state index is -0.630. The molecule has 22 heavy (non-hydrogen) atoms. The van der Waals surface area contributed by atoms with E-state index in [4.69, 9.17) is 5.73 Å². The van der Waals surface area contributed by atoms with Crippen LogP contribution in [-0.2, 0) is 6.54 Å². The van der Waals surface area contributed by atoms with E-state index in [-0.39, 0.29) is 11.4 Å². The second-order valence-electron chi connectivity index (χ2n) is 5.57. The Morgan fingerprint density at radius 1 is 1.27 bits per heavy atom. The Morgan fingerprint density at radius 3 is 2.77 bits per heavy atom. The first-order chi connectivity index (χ1) is 10.6. The Balaban J connectivity index is 1.88. The first-order valence-electron chi connectivity index (χ1n) is 7.40. The SMILES string of the molecule is NC(=O)c1n[nH]nc1-c1ccc(O)c(CN2CCCCC2)c1. The number of likely N-dealkylation sites (tertiary alicyclic amines) is 1. The fourth-order valence-corrected chi connectivity index (χ4v) is 2.82. The molecule has 2 heterocycles. The van der Waals surface area contributed by atoms with Gasteiger partial charge in [0.15, 0.2) is 5.69 Å². The van der Waals surface area contributed by atoms with Crippen LogP contribution in [0.4, 0.5) is 0 Å². The zero-order valence-electron chi connectivity index (χ0n) is 12.2. The molecule has 7 heteroatoms. The van der Waals surface area contributed by atoms with Gasteiger partial charge in [0.25, 0.3) is 5.91 Å². The van der Waals surface area contributed by atoms with Gasteiger partial charge in [0, 0.05) is 17.7 Å². The first-order valence-corrected chi connectivity index (χ1v) is 7.40. The number of benzene rings is 1. The highest BCUT2D eigenvalue weighted by atomic mass is 16.3. The maximum atomic E-state index is 11.4. The predicted octanol–water partition coefficient (Wildman–Crippen LogP) is 1.26. The van der Waals surface area contributed by atoms with E-state index < -0.39 is 5.91 Å². The molecule has 0 atom stereocenters. The fraction of sp³-hybridized carbons (Fsp3) is 0.400. The molecule has 0 aliphatic carbocycles. The molecule has 4 N–H and O–H groups in total. The quantitative estimate of drug-likeness (QED) is 0.788. The summed E-state index contributed by atoms with van der Waals surface area (Å²) in [5, 5.41) is 20.3. The molecule has 0 saturated carbocycles. The summed E-state index contributed by atoms with van der Waals surface area (Å²) in [7, 11) is 0. The number of carbonyl (C=O) groups is 1. The van der Waals surface area contributed by atoms with E-state index in [1.807, 2.05) is 6.07 Å². The van der Waals surface area contributed by atoms with Crippen molar-refractivity contribution in [2.75, 3.05) is 13.1 Å². The molecular formula is C15H19N5O2. The molecule has 3 rings (SSSR count). The number of H-pyrrole nitrogens is 1. The highest BCUT2D eigenvalue weighted by Gasteiger charge is 2.18. The first kappa shape index (κ1) is 14.5. The van der Waals surface area contributed by atoms with Crippen LogP contribution >= 0.6 is 0 Å². The number of hydrogen-bond acceptors (Lipinski definition) is 5. The highest BCUT2D eigenvalue weighted by Crippen LogP contribution is 2.27. The zero-order valence-corrected chi connectivity index (χ0v) is 12.2. The number of nitrogens with zero attached hydrogens (tertiary/aromatic N) is 3. The van der Waals surface area contributed by atoms with Gasteiger partial charge in [0.2, 0.25) is 0 Å². The van der Waals surface area contributed by atoms with Crippen molar-refractivity contribution in [3.05, 3.63) is 29.5 Å². The lowest BCUT2D eigenvalue weighted by Gasteiger charge is -2.26. The molecule has 1 aromatic heterocycles. The average molecular weight is 301 g/mol. The molecule has 0 bridgehead atoms. The third-order valence-corrected chi connectivity index (χ3v) is 3.98. The number of carbonyl (C=O) groups excluding carboxylic acids is 1. The van der Waals surface area contributed by atoms with Crippen molar-refractivity contribution in [2.45, 2.75) is 25.8 Å². The number of primary amides is 1. The van der Waals surface area contributed by atoms with Crippen LogP contribution in [0.5, 0.6) is 5.75 Å². The Morgan fingerprint density at radius 2 is 2.05 bits per heavy atom. The molecule has 1 aliphatic rings. The Kier molecular flexibility index (Phi) is 4.06. The van der Waals surface area contributed by atoms with Gasteiger partial charge in [0.05, 0.1) is 0 Å². The van der Waals surface area contributed by atoms with E-state index >= 15 is 0 Å². The van der Waals surface area contributed by atoms with E-state index in [0.29, 0.717) is 17.8 Å². The summed E-state index contributed by atoms with van der Waals surface area (Å²) < 4.78 is 0. The predicted molar refractivity (Wildman–Crippen MR) is 81.1 cm³/mol. The van der Waals surface area contributed by atoms with Crippen LogP contribution in [0.15, 0.2) is 18.2 Å². The summed E-state index contributed by atoms with van der Waals surface area (Å²) in [6.07, 6.45) is 3.65. The summed E-state index contributed by atoms with van der Waals surface area (Å²) in [4.78, 5) is 13.7. The van der Waals surface area contributed by atoms with Crippen molar-refractivity contribution in [3.8, 4) is 17.0 Å². The number of nitrogens with two attached hydrogens (primary N) is 1. The number of aromatic hydroxyl groups is 1. The van der Waals surface area contributed by atoms with E-state index in [2.05, 4.69) is 20.3 Å². The van der Waals surface area contributed by atoms with Crippen molar-refractivity contribution in [1.29, 1.82) is 0 Å². The van der Waals surface area contributed by atoms with Crippen molar-refractivity contribution in [1.82, 2.24) is 20.3 Å². The van der Waals surface area contributed by atoms with Gasteiger partial charge in [-0.15, -0.1) is 0 Å². The number of nitrogens with one attached hydrogen (secondary N) is 1. The Hall–Kier alpha value is -2.41. The minimum Gasteiger partial charge on any atom is -0.508 e. The van der Waals surface area contributed by atoms with E-state index in [1.54, 1.807) is 12.1 Å². The van der Waals surface area contributed by atoms with Crippen LogP contribution in [0, 0.1) is 0 Å². The number of aromatic amines is 1. The van der Waals surface area contributed by atoms with Crippen LogP contribution in [0.25, 0.3) is 11.3 Å². The minimum absolute atomic E-state index is 0.106. The molecule has 116 valence electrons. The van der Waals surface area contributed by atoms with E-state index in [0.717, 1.165) is 18.7 Å². The number of amides is 1. The second kappa shape index (κ2) is 6.15. The van der Waals surface area contributed by atoms with Gasteiger partial charge < -0.3 is 10.8 Å². The molecule has 2 aromatic rings. The number of aromatic nitrogens is 3. The maximum absolute atomic E-state index is 11.4. The lowest BCUT2D eigenvalue weighted by atomic mass is 10.0. The molecular weight excluding hydrogens is 282 g/mol. The average Bonchev–Trinajstić information content (AvgIpc) is 3.00. The standard InChI is InChI=1S/C15H19N5O2/c16-15(22)14-13(17-19-18-14)10-4-5-12(21)11(8-10)9-20-6-2-1-3-7-20/h4-5,8,21H,1-3,6-7,9H2,(H2,16,22)(H,17,18,19). The molecule has 0 radical (unpaired) electrons. The molecule has 7 nitrogen and oxygen atoms in total. The topological polar surface area (TPSA) is 108 Å². The lowest BCUT2D eigenvalue weighted by molar-refractivity contribution is 0.0996. The van der Waals surface area contributed by atoms with E-state index in [1.165, 1.54) is 19.3 Å². The number of rotatable bonds is 4. The second-order valence-corrected chi connectivity index (χ2v) is 5.57. The van der Waals surface area contributed by atoms with Gasteiger partial charge in [-0.3, -0.25) is 9.69 Å². The van der Waals surface area contributed by atoms with E-state index in [9.17, 15) is 9.90 Å². The smallest absolute Gasteiger partial charge is 0.271 e. The number of hydrogen-bond donors (Lipinski definition) is 3. The summed E-state index contributed by atoms with van der Waals surface area (Å²) >= 11 is 0. The molecule has 1 aliphatic heterocycles. The summed E-state index contributed by atoms with van der Waals surface area (Å²) in [6.45, 7) is 2.77. The summed E-state index contributed by atoms with van der Waals surface area (Å²) in [5.41, 5.74) is 7.34. The van der Waals surface area contributed by atoms with Gasteiger partial charge in [-0.2, -0.15) is 15.4 Å². The van der Waals surface area contributed by atoms with Gasteiger partial charge in [-0.25, -0.2) is 0 Å².